The Morgan fingerprint density at radius 3 is 2.38 bits per heavy atom. The van der Waals surface area contributed by atoms with Gasteiger partial charge in [0.1, 0.15) is 12.4 Å². The fourth-order valence-electron chi connectivity index (χ4n) is 2.11. The predicted molar refractivity (Wildman–Crippen MR) is 83.1 cm³/mol. The molecule has 2 aromatic carbocycles. The Morgan fingerprint density at radius 2 is 1.67 bits per heavy atom. The van der Waals surface area contributed by atoms with Crippen molar-refractivity contribution >= 4 is 0 Å². The van der Waals surface area contributed by atoms with Crippen molar-refractivity contribution in [3.8, 4) is 17.2 Å². The summed E-state index contributed by atoms with van der Waals surface area (Å²) in [5.74, 6) is 2.32. The predicted octanol–water partition coefficient (Wildman–Crippen LogP) is 3.00. The van der Waals surface area contributed by atoms with Crippen molar-refractivity contribution in [1.29, 1.82) is 0 Å². The van der Waals surface area contributed by atoms with Gasteiger partial charge in [-0.25, -0.2) is 0 Å². The molecule has 2 rings (SSSR count). The molecule has 0 saturated carbocycles. The van der Waals surface area contributed by atoms with Gasteiger partial charge in [0.25, 0.3) is 0 Å². The summed E-state index contributed by atoms with van der Waals surface area (Å²) in [6, 6.07) is 13.8. The van der Waals surface area contributed by atoms with Crippen molar-refractivity contribution < 1.29 is 14.2 Å². The quantitative estimate of drug-likeness (QED) is 0.850. The lowest BCUT2D eigenvalue weighted by atomic mass is 10.2. The van der Waals surface area contributed by atoms with E-state index in [-0.39, 0.29) is 0 Å². The van der Waals surface area contributed by atoms with Gasteiger partial charge in [-0.1, -0.05) is 24.3 Å². The van der Waals surface area contributed by atoms with Crippen LogP contribution in [0.25, 0.3) is 0 Å². The maximum absolute atomic E-state index is 5.91. The van der Waals surface area contributed by atoms with Gasteiger partial charge in [0.2, 0.25) is 0 Å². The summed E-state index contributed by atoms with van der Waals surface area (Å²) in [6.07, 6.45) is 0. The maximum Gasteiger partial charge on any atom is 0.161 e. The number of ether oxygens (including phenoxy) is 3. The molecule has 0 atom stereocenters. The topological polar surface area (TPSA) is 39.7 Å². The highest BCUT2D eigenvalue weighted by atomic mass is 16.5. The molecule has 0 aromatic heterocycles. The Labute approximate surface area is 125 Å². The second kappa shape index (κ2) is 7.55. The summed E-state index contributed by atoms with van der Waals surface area (Å²) in [6.45, 7) is 1.27. The van der Waals surface area contributed by atoms with Gasteiger partial charge in [-0.15, -0.1) is 0 Å². The monoisotopic (exact) mass is 287 g/mol. The van der Waals surface area contributed by atoms with Gasteiger partial charge in [0.05, 0.1) is 14.2 Å². The van der Waals surface area contributed by atoms with E-state index in [4.69, 9.17) is 14.2 Å². The molecule has 0 unspecified atom stereocenters. The zero-order chi connectivity index (χ0) is 15.1. The van der Waals surface area contributed by atoms with E-state index in [0.717, 1.165) is 29.2 Å². The molecule has 0 radical (unpaired) electrons. The smallest absolute Gasteiger partial charge is 0.161 e. The number of rotatable bonds is 7. The molecule has 0 fully saturated rings. The molecule has 0 heterocycles. The molecular weight excluding hydrogens is 266 g/mol. The summed E-state index contributed by atoms with van der Waals surface area (Å²) in [7, 11) is 5.18. The Hall–Kier alpha value is -2.20. The molecule has 112 valence electrons. The van der Waals surface area contributed by atoms with Crippen molar-refractivity contribution in [2.45, 2.75) is 13.2 Å². The van der Waals surface area contributed by atoms with Crippen LogP contribution in [0, 0.1) is 0 Å². The molecule has 0 saturated heterocycles. The lowest BCUT2D eigenvalue weighted by Gasteiger charge is -2.13. The number of hydrogen-bond acceptors (Lipinski definition) is 4. The number of hydrogen-bond donors (Lipinski definition) is 1. The van der Waals surface area contributed by atoms with Crippen LogP contribution in [0.3, 0.4) is 0 Å². The van der Waals surface area contributed by atoms with E-state index in [2.05, 4.69) is 11.4 Å². The highest BCUT2D eigenvalue weighted by molar-refractivity contribution is 5.43. The van der Waals surface area contributed by atoms with E-state index in [1.165, 1.54) is 0 Å². The second-order valence-electron chi connectivity index (χ2n) is 4.62. The highest BCUT2D eigenvalue weighted by Crippen LogP contribution is 2.28. The summed E-state index contributed by atoms with van der Waals surface area (Å²) >= 11 is 0. The zero-order valence-electron chi connectivity index (χ0n) is 12.7. The van der Waals surface area contributed by atoms with Gasteiger partial charge in [-0.2, -0.15) is 0 Å². The van der Waals surface area contributed by atoms with Crippen molar-refractivity contribution in [1.82, 2.24) is 5.32 Å². The SMILES string of the molecule is CNCc1ccccc1OCc1ccc(OC)c(OC)c1. The Kier molecular flexibility index (Phi) is 5.46. The molecule has 0 bridgehead atoms. The van der Waals surface area contributed by atoms with E-state index in [9.17, 15) is 0 Å². The van der Waals surface area contributed by atoms with Crippen molar-refractivity contribution in [3.05, 3.63) is 53.6 Å². The average molecular weight is 287 g/mol. The van der Waals surface area contributed by atoms with Crippen molar-refractivity contribution in [2.75, 3.05) is 21.3 Å². The molecule has 0 aliphatic heterocycles. The summed E-state index contributed by atoms with van der Waals surface area (Å²) in [5, 5.41) is 3.14. The minimum absolute atomic E-state index is 0.487. The fourth-order valence-corrected chi connectivity index (χ4v) is 2.11. The van der Waals surface area contributed by atoms with Crippen molar-refractivity contribution in [3.63, 3.8) is 0 Å². The number of para-hydroxylation sites is 1. The van der Waals surface area contributed by atoms with E-state index in [0.29, 0.717) is 12.4 Å². The molecule has 0 aliphatic rings. The van der Waals surface area contributed by atoms with E-state index in [1.54, 1.807) is 14.2 Å². The molecule has 21 heavy (non-hydrogen) atoms. The lowest BCUT2D eigenvalue weighted by molar-refractivity contribution is 0.300. The number of methoxy groups -OCH3 is 2. The Bertz CT molecular complexity index is 584. The third-order valence-corrected chi connectivity index (χ3v) is 3.18. The van der Waals surface area contributed by atoms with Crippen LogP contribution in [0.4, 0.5) is 0 Å². The van der Waals surface area contributed by atoms with Crippen LogP contribution >= 0.6 is 0 Å². The first-order chi connectivity index (χ1) is 10.3. The molecule has 0 spiro atoms. The van der Waals surface area contributed by atoms with Crippen LogP contribution in [0.2, 0.25) is 0 Å². The Morgan fingerprint density at radius 1 is 0.905 bits per heavy atom. The normalized spacial score (nSPS) is 10.2. The van der Waals surface area contributed by atoms with Crippen LogP contribution in [0.5, 0.6) is 17.2 Å². The summed E-state index contributed by atoms with van der Waals surface area (Å²) in [4.78, 5) is 0. The highest BCUT2D eigenvalue weighted by Gasteiger charge is 2.06. The molecule has 0 amide bonds. The number of benzene rings is 2. The summed E-state index contributed by atoms with van der Waals surface area (Å²) < 4.78 is 16.4. The van der Waals surface area contributed by atoms with Gasteiger partial charge >= 0.3 is 0 Å². The minimum Gasteiger partial charge on any atom is -0.493 e. The molecular formula is C17H21NO3. The largest absolute Gasteiger partial charge is 0.493 e. The van der Waals surface area contributed by atoms with Gasteiger partial charge in [0.15, 0.2) is 11.5 Å². The van der Waals surface area contributed by atoms with Crippen LogP contribution in [0.15, 0.2) is 42.5 Å². The van der Waals surface area contributed by atoms with E-state index >= 15 is 0 Å². The van der Waals surface area contributed by atoms with E-state index in [1.807, 2.05) is 43.4 Å². The maximum atomic E-state index is 5.91. The average Bonchev–Trinajstić information content (AvgIpc) is 2.54. The molecule has 0 aliphatic carbocycles. The van der Waals surface area contributed by atoms with Crippen molar-refractivity contribution in [2.24, 2.45) is 0 Å². The van der Waals surface area contributed by atoms with Crippen LogP contribution in [-0.2, 0) is 13.2 Å². The molecule has 4 heteroatoms. The summed E-state index contributed by atoms with van der Waals surface area (Å²) in [5.41, 5.74) is 2.17. The molecule has 1 N–H and O–H groups in total. The van der Waals surface area contributed by atoms with Crippen LogP contribution < -0.4 is 19.5 Å². The van der Waals surface area contributed by atoms with Gasteiger partial charge < -0.3 is 19.5 Å². The third-order valence-electron chi connectivity index (χ3n) is 3.18. The first-order valence-corrected chi connectivity index (χ1v) is 6.84. The first kappa shape index (κ1) is 15.2. The zero-order valence-corrected chi connectivity index (χ0v) is 12.7. The first-order valence-electron chi connectivity index (χ1n) is 6.84. The molecule has 2 aromatic rings. The number of nitrogens with one attached hydrogen (secondary N) is 1. The lowest BCUT2D eigenvalue weighted by Crippen LogP contribution is -2.07. The van der Waals surface area contributed by atoms with E-state index < -0.39 is 0 Å². The van der Waals surface area contributed by atoms with Crippen LogP contribution in [0.1, 0.15) is 11.1 Å². The fraction of sp³-hybridized carbons (Fsp3) is 0.294. The molecule has 4 nitrogen and oxygen atoms in total. The minimum atomic E-state index is 0.487. The van der Waals surface area contributed by atoms with Gasteiger partial charge in [-0.3, -0.25) is 0 Å². The Balaban J connectivity index is 2.09. The third kappa shape index (κ3) is 3.89. The van der Waals surface area contributed by atoms with Gasteiger partial charge in [-0.05, 0) is 30.8 Å². The standard InChI is InChI=1S/C17H21NO3/c1-18-11-14-6-4-5-7-15(14)21-12-13-8-9-16(19-2)17(10-13)20-3/h4-10,18H,11-12H2,1-3H3. The van der Waals surface area contributed by atoms with Gasteiger partial charge in [0, 0.05) is 12.1 Å². The second-order valence-corrected chi connectivity index (χ2v) is 4.62. The van der Waals surface area contributed by atoms with Crippen LogP contribution in [-0.4, -0.2) is 21.3 Å².